The van der Waals surface area contributed by atoms with Crippen LogP contribution in [0.15, 0.2) is 35.3 Å². The Hall–Kier alpha value is -1.35. The molecule has 98 valence electrons. The lowest BCUT2D eigenvalue weighted by Crippen LogP contribution is -2.46. The Labute approximate surface area is 109 Å². The van der Waals surface area contributed by atoms with Gasteiger partial charge in [-0.1, -0.05) is 44.2 Å². The maximum absolute atomic E-state index is 10.6. The fourth-order valence-corrected chi connectivity index (χ4v) is 2.45. The second-order valence-corrected chi connectivity index (χ2v) is 4.85. The predicted molar refractivity (Wildman–Crippen MR) is 74.7 cm³/mol. The third-order valence-electron chi connectivity index (χ3n) is 3.73. The summed E-state index contributed by atoms with van der Waals surface area (Å²) in [5.41, 5.74) is 0.507. The summed E-state index contributed by atoms with van der Waals surface area (Å²) in [4.78, 5) is 6.73. The van der Waals surface area contributed by atoms with Gasteiger partial charge in [0.2, 0.25) is 0 Å². The first-order valence-electron chi connectivity index (χ1n) is 6.76. The molecule has 0 unspecified atom stereocenters. The minimum atomic E-state index is -0.759. The molecule has 3 heteroatoms. The van der Waals surface area contributed by atoms with Gasteiger partial charge in [-0.05, 0) is 18.4 Å². The Kier molecular flexibility index (Phi) is 4.02. The first-order valence-corrected chi connectivity index (χ1v) is 6.76. The summed E-state index contributed by atoms with van der Waals surface area (Å²) in [7, 11) is 0. The number of hydrogen-bond acceptors (Lipinski definition) is 3. The highest BCUT2D eigenvalue weighted by Gasteiger charge is 2.35. The van der Waals surface area contributed by atoms with E-state index in [1.807, 2.05) is 32.0 Å². The van der Waals surface area contributed by atoms with E-state index in [1.54, 1.807) is 0 Å². The van der Waals surface area contributed by atoms with E-state index in [1.165, 1.54) is 5.56 Å². The summed E-state index contributed by atoms with van der Waals surface area (Å²) in [6, 6.07) is 10.4. The van der Waals surface area contributed by atoms with E-state index in [-0.39, 0.29) is 0 Å². The SMILES string of the molecule is CCC(O)(CC)C1=NCCN1Cc1ccccc1. The molecule has 2 rings (SSSR count). The molecule has 1 aliphatic heterocycles. The van der Waals surface area contributed by atoms with Crippen LogP contribution in [0.1, 0.15) is 32.3 Å². The fraction of sp³-hybridized carbons (Fsp3) is 0.533. The van der Waals surface area contributed by atoms with E-state index in [0.717, 1.165) is 25.5 Å². The van der Waals surface area contributed by atoms with E-state index < -0.39 is 5.60 Å². The van der Waals surface area contributed by atoms with E-state index in [0.29, 0.717) is 12.8 Å². The van der Waals surface area contributed by atoms with E-state index in [2.05, 4.69) is 22.0 Å². The third kappa shape index (κ3) is 2.56. The zero-order valence-corrected chi connectivity index (χ0v) is 11.3. The zero-order chi connectivity index (χ0) is 13.0. The van der Waals surface area contributed by atoms with Gasteiger partial charge in [-0.15, -0.1) is 0 Å². The number of rotatable bonds is 5. The second-order valence-electron chi connectivity index (χ2n) is 4.85. The van der Waals surface area contributed by atoms with Gasteiger partial charge in [0.05, 0.1) is 6.54 Å². The third-order valence-corrected chi connectivity index (χ3v) is 3.73. The van der Waals surface area contributed by atoms with Gasteiger partial charge in [0, 0.05) is 13.1 Å². The van der Waals surface area contributed by atoms with Crippen molar-refractivity contribution in [3.05, 3.63) is 35.9 Å². The molecular weight excluding hydrogens is 224 g/mol. The Bertz CT molecular complexity index is 410. The molecule has 0 saturated heterocycles. The number of aliphatic imine (C=N–C) groups is 1. The minimum absolute atomic E-state index is 0.716. The van der Waals surface area contributed by atoms with Gasteiger partial charge in [-0.2, -0.15) is 0 Å². The summed E-state index contributed by atoms with van der Waals surface area (Å²) in [6.45, 7) is 6.58. The van der Waals surface area contributed by atoms with Crippen molar-refractivity contribution in [2.75, 3.05) is 13.1 Å². The Morgan fingerprint density at radius 2 is 1.89 bits per heavy atom. The second kappa shape index (κ2) is 5.53. The molecule has 1 N–H and O–H groups in total. The van der Waals surface area contributed by atoms with Gasteiger partial charge in [0.25, 0.3) is 0 Å². The molecule has 0 aromatic heterocycles. The van der Waals surface area contributed by atoms with Crippen molar-refractivity contribution in [3.8, 4) is 0 Å². The van der Waals surface area contributed by atoms with Crippen molar-refractivity contribution < 1.29 is 5.11 Å². The van der Waals surface area contributed by atoms with Gasteiger partial charge in [-0.3, -0.25) is 4.99 Å². The zero-order valence-electron chi connectivity index (χ0n) is 11.3. The molecule has 0 fully saturated rings. The lowest BCUT2D eigenvalue weighted by molar-refractivity contribution is 0.0903. The summed E-state index contributed by atoms with van der Waals surface area (Å²) in [5.74, 6) is 0.872. The quantitative estimate of drug-likeness (QED) is 0.866. The molecule has 0 spiro atoms. The highest BCUT2D eigenvalue weighted by Crippen LogP contribution is 2.23. The number of nitrogens with zero attached hydrogens (tertiary/aromatic N) is 2. The number of amidine groups is 1. The molecule has 0 radical (unpaired) electrons. The van der Waals surface area contributed by atoms with Crippen LogP contribution in [0, 0.1) is 0 Å². The first-order chi connectivity index (χ1) is 8.69. The number of benzene rings is 1. The van der Waals surface area contributed by atoms with E-state index in [9.17, 15) is 5.11 Å². The van der Waals surface area contributed by atoms with Crippen molar-refractivity contribution in [2.24, 2.45) is 4.99 Å². The average molecular weight is 246 g/mol. The Morgan fingerprint density at radius 1 is 1.22 bits per heavy atom. The average Bonchev–Trinajstić information content (AvgIpc) is 2.88. The first kappa shape index (κ1) is 13.1. The standard InChI is InChI=1S/C15H22N2O/c1-3-15(18,4-2)14-16-10-11-17(14)12-13-8-6-5-7-9-13/h5-9,18H,3-4,10-12H2,1-2H3. The summed E-state index contributed by atoms with van der Waals surface area (Å²) >= 11 is 0. The topological polar surface area (TPSA) is 35.8 Å². The van der Waals surface area contributed by atoms with E-state index in [4.69, 9.17) is 0 Å². The van der Waals surface area contributed by atoms with Crippen LogP contribution in [0.3, 0.4) is 0 Å². The molecule has 1 aromatic rings. The molecule has 0 saturated carbocycles. The minimum Gasteiger partial charge on any atom is -0.382 e. The molecule has 1 aromatic carbocycles. The summed E-state index contributed by atoms with van der Waals surface area (Å²) < 4.78 is 0. The number of aliphatic hydroxyl groups is 1. The monoisotopic (exact) mass is 246 g/mol. The van der Waals surface area contributed by atoms with Crippen LogP contribution in [-0.2, 0) is 6.54 Å². The lowest BCUT2D eigenvalue weighted by Gasteiger charge is -2.32. The molecule has 0 aliphatic carbocycles. The summed E-state index contributed by atoms with van der Waals surface area (Å²) in [5, 5.41) is 10.6. The van der Waals surface area contributed by atoms with Crippen LogP contribution >= 0.6 is 0 Å². The normalized spacial score (nSPS) is 15.9. The molecule has 0 amide bonds. The molecule has 0 bridgehead atoms. The largest absolute Gasteiger partial charge is 0.382 e. The summed E-state index contributed by atoms with van der Waals surface area (Å²) in [6.07, 6.45) is 1.43. The number of hydrogen-bond donors (Lipinski definition) is 1. The van der Waals surface area contributed by atoms with Gasteiger partial charge in [-0.25, -0.2) is 0 Å². The molecule has 3 nitrogen and oxygen atoms in total. The smallest absolute Gasteiger partial charge is 0.132 e. The van der Waals surface area contributed by atoms with Crippen LogP contribution in [0.5, 0.6) is 0 Å². The van der Waals surface area contributed by atoms with Crippen molar-refractivity contribution in [1.82, 2.24) is 4.90 Å². The molecule has 18 heavy (non-hydrogen) atoms. The van der Waals surface area contributed by atoms with Crippen LogP contribution in [0.4, 0.5) is 0 Å². The van der Waals surface area contributed by atoms with Crippen molar-refractivity contribution in [1.29, 1.82) is 0 Å². The molecule has 0 atom stereocenters. The van der Waals surface area contributed by atoms with Crippen molar-refractivity contribution in [3.63, 3.8) is 0 Å². The molecule has 1 aliphatic rings. The van der Waals surface area contributed by atoms with Gasteiger partial charge in [0.1, 0.15) is 11.4 Å². The van der Waals surface area contributed by atoms with Crippen LogP contribution in [0.2, 0.25) is 0 Å². The van der Waals surface area contributed by atoms with Gasteiger partial charge < -0.3 is 10.0 Å². The fourth-order valence-electron chi connectivity index (χ4n) is 2.45. The van der Waals surface area contributed by atoms with Gasteiger partial charge in [0.15, 0.2) is 0 Å². The van der Waals surface area contributed by atoms with Crippen LogP contribution in [0.25, 0.3) is 0 Å². The molecule has 1 heterocycles. The van der Waals surface area contributed by atoms with Gasteiger partial charge >= 0.3 is 0 Å². The van der Waals surface area contributed by atoms with Crippen LogP contribution < -0.4 is 0 Å². The van der Waals surface area contributed by atoms with E-state index >= 15 is 0 Å². The maximum atomic E-state index is 10.6. The Balaban J connectivity index is 2.13. The predicted octanol–water partition coefficient (Wildman–Crippen LogP) is 2.45. The lowest BCUT2D eigenvalue weighted by atomic mass is 9.95. The molecular formula is C15H22N2O. The van der Waals surface area contributed by atoms with Crippen LogP contribution in [-0.4, -0.2) is 34.5 Å². The highest BCUT2D eigenvalue weighted by atomic mass is 16.3. The van der Waals surface area contributed by atoms with Crippen molar-refractivity contribution >= 4 is 5.84 Å². The maximum Gasteiger partial charge on any atom is 0.132 e. The van der Waals surface area contributed by atoms with Crippen molar-refractivity contribution in [2.45, 2.75) is 38.8 Å². The Morgan fingerprint density at radius 3 is 2.50 bits per heavy atom. The highest BCUT2D eigenvalue weighted by molar-refractivity contribution is 5.91.